The number of hydrogen-bond donors (Lipinski definition) is 0. The molecule has 0 amide bonds. The van der Waals surface area contributed by atoms with Gasteiger partial charge in [-0.2, -0.15) is 0 Å². The smallest absolute Gasteiger partial charge is 0.117 e. The van der Waals surface area contributed by atoms with Crippen LogP contribution in [0.1, 0.15) is 6.92 Å². The van der Waals surface area contributed by atoms with Gasteiger partial charge >= 0.3 is 0 Å². The Morgan fingerprint density at radius 2 is 2.38 bits per heavy atom. The quantitative estimate of drug-likeness (QED) is 0.466. The van der Waals surface area contributed by atoms with E-state index < -0.39 is 0 Å². The Bertz CT molecular complexity index is 98.7. The number of ether oxygens (including phenoxy) is 2. The van der Waals surface area contributed by atoms with Gasteiger partial charge in [-0.3, -0.25) is 0 Å². The van der Waals surface area contributed by atoms with Crippen LogP contribution in [0.4, 0.5) is 0 Å². The van der Waals surface area contributed by atoms with Crippen LogP contribution in [0.2, 0.25) is 0 Å². The zero-order valence-corrected chi connectivity index (χ0v) is 5.02. The molecular weight excluding hydrogens is 104 g/mol. The van der Waals surface area contributed by atoms with Gasteiger partial charge < -0.3 is 9.47 Å². The summed E-state index contributed by atoms with van der Waals surface area (Å²) in [6.45, 7) is 6.93. The van der Waals surface area contributed by atoms with Crippen molar-refractivity contribution in [3.63, 3.8) is 0 Å². The summed E-state index contributed by atoms with van der Waals surface area (Å²) in [5.41, 5.74) is 0. The van der Waals surface area contributed by atoms with Crippen molar-refractivity contribution in [2.45, 2.75) is 13.0 Å². The highest BCUT2D eigenvalue weighted by atomic mass is 16.6. The van der Waals surface area contributed by atoms with Crippen molar-refractivity contribution in [2.24, 2.45) is 0 Å². The molecular formula is C6H10O2. The lowest BCUT2D eigenvalue weighted by atomic mass is 10.3. The van der Waals surface area contributed by atoms with Gasteiger partial charge in [0.1, 0.15) is 18.5 Å². The van der Waals surface area contributed by atoms with Crippen molar-refractivity contribution in [3.8, 4) is 0 Å². The monoisotopic (exact) mass is 114 g/mol. The lowest BCUT2D eigenvalue weighted by molar-refractivity contribution is -0.0327. The van der Waals surface area contributed by atoms with E-state index in [9.17, 15) is 0 Å². The summed E-state index contributed by atoms with van der Waals surface area (Å²) in [6, 6.07) is 0. The minimum atomic E-state index is 0.0868. The fourth-order valence-corrected chi connectivity index (χ4v) is 0.608. The molecule has 0 bridgehead atoms. The van der Waals surface area contributed by atoms with Gasteiger partial charge in [-0.05, 0) is 6.92 Å². The second-order valence-electron chi connectivity index (χ2n) is 1.83. The molecule has 1 aliphatic rings. The molecule has 1 unspecified atom stereocenters. The summed E-state index contributed by atoms with van der Waals surface area (Å²) in [7, 11) is 0. The highest BCUT2D eigenvalue weighted by Crippen LogP contribution is 2.09. The summed E-state index contributed by atoms with van der Waals surface area (Å²) in [5, 5.41) is 0. The van der Waals surface area contributed by atoms with Crippen molar-refractivity contribution in [1.82, 2.24) is 0 Å². The Morgan fingerprint density at radius 3 is 2.75 bits per heavy atom. The molecule has 2 heteroatoms. The van der Waals surface area contributed by atoms with Gasteiger partial charge in [0.2, 0.25) is 0 Å². The molecule has 1 rings (SSSR count). The second kappa shape index (κ2) is 2.18. The predicted molar refractivity (Wildman–Crippen MR) is 30.5 cm³/mol. The van der Waals surface area contributed by atoms with E-state index >= 15 is 0 Å². The Balaban J connectivity index is 2.39. The minimum Gasteiger partial charge on any atom is -0.493 e. The maximum Gasteiger partial charge on any atom is 0.117 e. The van der Waals surface area contributed by atoms with Gasteiger partial charge in [0.25, 0.3) is 0 Å². The molecule has 1 heterocycles. The molecule has 0 aliphatic carbocycles. The fourth-order valence-electron chi connectivity index (χ4n) is 0.608. The van der Waals surface area contributed by atoms with E-state index in [1.54, 1.807) is 0 Å². The van der Waals surface area contributed by atoms with Crippen molar-refractivity contribution in [1.29, 1.82) is 0 Å². The maximum atomic E-state index is 5.17. The van der Waals surface area contributed by atoms with E-state index in [4.69, 9.17) is 9.47 Å². The lowest BCUT2D eigenvalue weighted by Gasteiger charge is -2.21. The van der Waals surface area contributed by atoms with E-state index in [-0.39, 0.29) is 6.10 Å². The van der Waals surface area contributed by atoms with Crippen LogP contribution >= 0.6 is 0 Å². The van der Waals surface area contributed by atoms with Crippen molar-refractivity contribution < 1.29 is 9.47 Å². The van der Waals surface area contributed by atoms with Gasteiger partial charge in [-0.25, -0.2) is 0 Å². The van der Waals surface area contributed by atoms with E-state index in [1.807, 2.05) is 6.92 Å². The van der Waals surface area contributed by atoms with Crippen LogP contribution in [0.15, 0.2) is 12.3 Å². The molecule has 0 N–H and O–H groups in total. The molecule has 0 aromatic carbocycles. The molecule has 1 atom stereocenters. The van der Waals surface area contributed by atoms with E-state index in [1.165, 1.54) is 0 Å². The molecule has 1 fully saturated rings. The standard InChI is InChI=1S/C6H10O2/c1-5-6(2)8-4-3-7-5/h6H,1,3-4H2,2H3. The lowest BCUT2D eigenvalue weighted by Crippen LogP contribution is -2.22. The molecule has 1 saturated heterocycles. The average molecular weight is 114 g/mol. The molecule has 2 nitrogen and oxygen atoms in total. The molecule has 0 spiro atoms. The largest absolute Gasteiger partial charge is 0.493 e. The van der Waals surface area contributed by atoms with E-state index in [2.05, 4.69) is 6.58 Å². The highest BCUT2D eigenvalue weighted by molar-refractivity contribution is 4.91. The Hall–Kier alpha value is -0.500. The summed E-state index contributed by atoms with van der Waals surface area (Å²) in [4.78, 5) is 0. The van der Waals surface area contributed by atoms with Crippen LogP contribution in [-0.4, -0.2) is 19.3 Å². The third-order valence-corrected chi connectivity index (χ3v) is 1.19. The van der Waals surface area contributed by atoms with Gasteiger partial charge in [0.15, 0.2) is 0 Å². The zero-order valence-electron chi connectivity index (χ0n) is 5.02. The topological polar surface area (TPSA) is 18.5 Å². The third kappa shape index (κ3) is 1.01. The van der Waals surface area contributed by atoms with Crippen molar-refractivity contribution >= 4 is 0 Å². The average Bonchev–Trinajstić information content (AvgIpc) is 1.77. The van der Waals surface area contributed by atoms with Crippen LogP contribution in [0.5, 0.6) is 0 Å². The third-order valence-electron chi connectivity index (χ3n) is 1.19. The van der Waals surface area contributed by atoms with E-state index in [0.29, 0.717) is 13.2 Å². The second-order valence-corrected chi connectivity index (χ2v) is 1.83. The van der Waals surface area contributed by atoms with Gasteiger partial charge in [-0.1, -0.05) is 6.58 Å². The maximum absolute atomic E-state index is 5.17. The van der Waals surface area contributed by atoms with Crippen LogP contribution in [0.3, 0.4) is 0 Å². The first-order chi connectivity index (χ1) is 3.80. The first kappa shape index (κ1) is 5.63. The summed E-state index contributed by atoms with van der Waals surface area (Å²) >= 11 is 0. The van der Waals surface area contributed by atoms with Crippen LogP contribution in [-0.2, 0) is 9.47 Å². The van der Waals surface area contributed by atoms with Crippen molar-refractivity contribution in [3.05, 3.63) is 12.3 Å². The summed E-state index contributed by atoms with van der Waals surface area (Å²) in [5.74, 6) is 0.747. The van der Waals surface area contributed by atoms with Crippen molar-refractivity contribution in [2.75, 3.05) is 13.2 Å². The van der Waals surface area contributed by atoms with Gasteiger partial charge in [-0.15, -0.1) is 0 Å². The van der Waals surface area contributed by atoms with E-state index in [0.717, 1.165) is 5.76 Å². The minimum absolute atomic E-state index is 0.0868. The SMILES string of the molecule is C=C1OCCOC1C. The van der Waals surface area contributed by atoms with Crippen LogP contribution in [0, 0.1) is 0 Å². The highest BCUT2D eigenvalue weighted by Gasteiger charge is 2.12. The van der Waals surface area contributed by atoms with Crippen LogP contribution < -0.4 is 0 Å². The fraction of sp³-hybridized carbons (Fsp3) is 0.667. The first-order valence-corrected chi connectivity index (χ1v) is 2.74. The molecule has 0 aromatic rings. The molecule has 0 radical (unpaired) electrons. The molecule has 46 valence electrons. The normalized spacial score (nSPS) is 29.6. The Kier molecular flexibility index (Phi) is 1.53. The molecule has 1 aliphatic heterocycles. The molecule has 0 saturated carbocycles. The van der Waals surface area contributed by atoms with Crippen LogP contribution in [0.25, 0.3) is 0 Å². The Morgan fingerprint density at radius 1 is 1.62 bits per heavy atom. The summed E-state index contributed by atoms with van der Waals surface area (Å²) < 4.78 is 10.2. The molecule has 0 aromatic heterocycles. The number of rotatable bonds is 0. The van der Waals surface area contributed by atoms with Gasteiger partial charge in [0, 0.05) is 0 Å². The number of hydrogen-bond acceptors (Lipinski definition) is 2. The first-order valence-electron chi connectivity index (χ1n) is 2.74. The van der Waals surface area contributed by atoms with Gasteiger partial charge in [0.05, 0.1) is 6.61 Å². The predicted octanol–water partition coefficient (Wildman–Crippen LogP) is 0.935. The Labute approximate surface area is 49.1 Å². The summed E-state index contributed by atoms with van der Waals surface area (Å²) in [6.07, 6.45) is 0.0868. The zero-order chi connectivity index (χ0) is 5.98. The molecule has 8 heavy (non-hydrogen) atoms.